The fraction of sp³-hybridized carbons (Fsp3) is 0.154. The highest BCUT2D eigenvalue weighted by atomic mass is 35.5. The molecule has 0 saturated carbocycles. The van der Waals surface area contributed by atoms with Crippen molar-refractivity contribution in [1.29, 1.82) is 5.26 Å². The van der Waals surface area contributed by atoms with Crippen molar-refractivity contribution in [2.75, 3.05) is 7.11 Å². The SMILES string of the molecule is COc1cc(/C=C(/C#N)C(=O)N[C@@H](C)c2ccccc2)cc(Cl)c1OCc1ccccc1Cl. The second-order valence-electron chi connectivity index (χ2n) is 7.19. The first-order valence-electron chi connectivity index (χ1n) is 10.1. The van der Waals surface area contributed by atoms with Crippen LogP contribution in [0.2, 0.25) is 10.0 Å². The Morgan fingerprint density at radius 1 is 1.09 bits per heavy atom. The third kappa shape index (κ3) is 6.29. The summed E-state index contributed by atoms with van der Waals surface area (Å²) in [5.41, 5.74) is 2.21. The number of nitrogens with zero attached hydrogens (tertiary/aromatic N) is 1. The minimum Gasteiger partial charge on any atom is -0.493 e. The Kier molecular flexibility index (Phi) is 8.37. The number of nitrogens with one attached hydrogen (secondary N) is 1. The molecule has 0 heterocycles. The molecular weight excluding hydrogens is 459 g/mol. The Hall–Kier alpha value is -3.46. The van der Waals surface area contributed by atoms with Crippen molar-refractivity contribution >= 4 is 35.2 Å². The van der Waals surface area contributed by atoms with Crippen molar-refractivity contribution in [2.24, 2.45) is 0 Å². The van der Waals surface area contributed by atoms with Gasteiger partial charge in [0.05, 0.1) is 18.2 Å². The lowest BCUT2D eigenvalue weighted by Crippen LogP contribution is -2.27. The fourth-order valence-corrected chi connectivity index (χ4v) is 3.61. The number of carbonyl (C=O) groups is 1. The molecule has 7 heteroatoms. The summed E-state index contributed by atoms with van der Waals surface area (Å²) < 4.78 is 11.3. The van der Waals surface area contributed by atoms with E-state index in [9.17, 15) is 10.1 Å². The van der Waals surface area contributed by atoms with Gasteiger partial charge in [-0.1, -0.05) is 71.7 Å². The molecule has 3 rings (SSSR count). The maximum atomic E-state index is 12.7. The van der Waals surface area contributed by atoms with Gasteiger partial charge in [-0.3, -0.25) is 4.79 Å². The Bertz CT molecular complexity index is 1200. The molecule has 0 unspecified atom stereocenters. The van der Waals surface area contributed by atoms with Gasteiger partial charge >= 0.3 is 0 Å². The topological polar surface area (TPSA) is 71.3 Å². The summed E-state index contributed by atoms with van der Waals surface area (Å²) in [7, 11) is 1.49. The zero-order chi connectivity index (χ0) is 23.8. The van der Waals surface area contributed by atoms with Gasteiger partial charge in [0.2, 0.25) is 0 Å². The largest absolute Gasteiger partial charge is 0.493 e. The number of carbonyl (C=O) groups excluding carboxylic acids is 1. The van der Waals surface area contributed by atoms with E-state index in [1.165, 1.54) is 13.2 Å². The first-order chi connectivity index (χ1) is 15.9. The number of hydrogen-bond donors (Lipinski definition) is 1. The van der Waals surface area contributed by atoms with Crippen molar-refractivity contribution < 1.29 is 14.3 Å². The van der Waals surface area contributed by atoms with Gasteiger partial charge in [0.25, 0.3) is 5.91 Å². The Morgan fingerprint density at radius 3 is 2.45 bits per heavy atom. The summed E-state index contributed by atoms with van der Waals surface area (Å²) in [5.74, 6) is 0.232. The van der Waals surface area contributed by atoms with Gasteiger partial charge < -0.3 is 14.8 Å². The van der Waals surface area contributed by atoms with Gasteiger partial charge in [0.15, 0.2) is 11.5 Å². The van der Waals surface area contributed by atoms with Crippen LogP contribution >= 0.6 is 23.2 Å². The van der Waals surface area contributed by atoms with Crippen LogP contribution in [0.15, 0.2) is 72.3 Å². The molecule has 3 aromatic rings. The van der Waals surface area contributed by atoms with E-state index in [-0.39, 0.29) is 23.2 Å². The van der Waals surface area contributed by atoms with Crippen LogP contribution in [-0.4, -0.2) is 13.0 Å². The number of amides is 1. The first-order valence-corrected chi connectivity index (χ1v) is 10.9. The molecular formula is C26H22Cl2N2O3. The number of rotatable bonds is 8. The second-order valence-corrected chi connectivity index (χ2v) is 8.00. The van der Waals surface area contributed by atoms with E-state index in [1.54, 1.807) is 18.2 Å². The van der Waals surface area contributed by atoms with Gasteiger partial charge in [-0.15, -0.1) is 0 Å². The van der Waals surface area contributed by atoms with E-state index >= 15 is 0 Å². The molecule has 1 atom stereocenters. The maximum Gasteiger partial charge on any atom is 0.262 e. The maximum absolute atomic E-state index is 12.7. The third-order valence-electron chi connectivity index (χ3n) is 4.90. The van der Waals surface area contributed by atoms with E-state index < -0.39 is 5.91 Å². The predicted octanol–water partition coefficient (Wildman–Crippen LogP) is 6.37. The Morgan fingerprint density at radius 2 is 1.79 bits per heavy atom. The molecule has 0 saturated heterocycles. The van der Waals surface area contributed by atoms with Crippen LogP contribution in [0, 0.1) is 11.3 Å². The Balaban J connectivity index is 1.80. The molecule has 168 valence electrons. The van der Waals surface area contributed by atoms with Crippen LogP contribution in [0.25, 0.3) is 6.08 Å². The molecule has 0 spiro atoms. The van der Waals surface area contributed by atoms with E-state index in [2.05, 4.69) is 5.32 Å². The van der Waals surface area contributed by atoms with Crippen LogP contribution in [0.1, 0.15) is 29.7 Å². The van der Waals surface area contributed by atoms with E-state index in [4.69, 9.17) is 32.7 Å². The summed E-state index contributed by atoms with van der Waals surface area (Å²) in [4.78, 5) is 12.7. The lowest BCUT2D eigenvalue weighted by atomic mass is 10.1. The lowest BCUT2D eigenvalue weighted by Gasteiger charge is -2.15. The van der Waals surface area contributed by atoms with Gasteiger partial charge in [0.1, 0.15) is 18.2 Å². The number of halogens is 2. The molecule has 0 aliphatic rings. The average molecular weight is 481 g/mol. The monoisotopic (exact) mass is 480 g/mol. The zero-order valence-electron chi connectivity index (χ0n) is 18.1. The van der Waals surface area contributed by atoms with Crippen molar-refractivity contribution in [3.8, 4) is 17.6 Å². The molecule has 0 aromatic heterocycles. The molecule has 0 aliphatic carbocycles. The van der Waals surface area contributed by atoms with E-state index in [0.29, 0.717) is 22.1 Å². The normalized spacial score (nSPS) is 11.9. The van der Waals surface area contributed by atoms with E-state index in [1.807, 2.05) is 61.5 Å². The number of benzene rings is 3. The summed E-state index contributed by atoms with van der Waals surface area (Å²) in [6, 6.07) is 21.8. The molecule has 1 amide bonds. The van der Waals surface area contributed by atoms with Gasteiger partial charge in [-0.05, 0) is 42.3 Å². The lowest BCUT2D eigenvalue weighted by molar-refractivity contribution is -0.117. The third-order valence-corrected chi connectivity index (χ3v) is 5.55. The van der Waals surface area contributed by atoms with Crippen LogP contribution in [-0.2, 0) is 11.4 Å². The van der Waals surface area contributed by atoms with Crippen molar-refractivity contribution in [2.45, 2.75) is 19.6 Å². The van der Waals surface area contributed by atoms with Crippen LogP contribution < -0.4 is 14.8 Å². The minimum absolute atomic E-state index is 0.0550. The van der Waals surface area contributed by atoms with E-state index in [0.717, 1.165) is 11.1 Å². The molecule has 1 N–H and O–H groups in total. The molecule has 0 fully saturated rings. The number of hydrogen-bond acceptors (Lipinski definition) is 4. The van der Waals surface area contributed by atoms with Crippen molar-refractivity contribution in [3.05, 3.63) is 99.0 Å². The molecule has 0 radical (unpaired) electrons. The van der Waals surface area contributed by atoms with Gasteiger partial charge in [-0.25, -0.2) is 0 Å². The second kappa shape index (κ2) is 11.4. The number of methoxy groups -OCH3 is 1. The standard InChI is InChI=1S/C26H22Cl2N2O3/c1-17(19-8-4-3-5-9-19)30-26(31)21(15-29)12-18-13-23(28)25(24(14-18)32-2)33-16-20-10-6-7-11-22(20)27/h3-14,17H,16H2,1-2H3,(H,30,31)/b21-12-/t17-/m0/s1. The summed E-state index contributed by atoms with van der Waals surface area (Å²) >= 11 is 12.6. The predicted molar refractivity (Wildman–Crippen MR) is 130 cm³/mol. The summed E-state index contributed by atoms with van der Waals surface area (Å²) in [5, 5.41) is 13.2. The average Bonchev–Trinajstić information content (AvgIpc) is 2.82. The number of ether oxygens (including phenoxy) is 2. The molecule has 3 aromatic carbocycles. The molecule has 0 aliphatic heterocycles. The Labute approximate surface area is 203 Å². The molecule has 5 nitrogen and oxygen atoms in total. The fourth-order valence-electron chi connectivity index (χ4n) is 3.14. The van der Waals surface area contributed by atoms with Crippen molar-refractivity contribution in [1.82, 2.24) is 5.32 Å². The van der Waals surface area contributed by atoms with Crippen molar-refractivity contribution in [3.63, 3.8) is 0 Å². The molecule has 0 bridgehead atoms. The highest BCUT2D eigenvalue weighted by Gasteiger charge is 2.16. The van der Waals surface area contributed by atoms with Crippen LogP contribution in [0.4, 0.5) is 0 Å². The highest BCUT2D eigenvalue weighted by Crippen LogP contribution is 2.38. The smallest absolute Gasteiger partial charge is 0.262 e. The summed E-state index contributed by atoms with van der Waals surface area (Å²) in [6.45, 7) is 2.06. The highest BCUT2D eigenvalue weighted by molar-refractivity contribution is 6.32. The molecule has 33 heavy (non-hydrogen) atoms. The van der Waals surface area contributed by atoms with Crippen LogP contribution in [0.5, 0.6) is 11.5 Å². The van der Waals surface area contributed by atoms with Gasteiger partial charge in [0, 0.05) is 10.6 Å². The summed E-state index contributed by atoms with van der Waals surface area (Å²) in [6.07, 6.45) is 1.46. The zero-order valence-corrected chi connectivity index (χ0v) is 19.7. The minimum atomic E-state index is -0.483. The number of nitriles is 1. The first kappa shape index (κ1) is 24.2. The quantitative estimate of drug-likeness (QED) is 0.300. The van der Waals surface area contributed by atoms with Gasteiger partial charge in [-0.2, -0.15) is 5.26 Å². The van der Waals surface area contributed by atoms with Crippen LogP contribution in [0.3, 0.4) is 0 Å².